The predicted octanol–water partition coefficient (Wildman–Crippen LogP) is 3.89. The van der Waals surface area contributed by atoms with Crippen LogP contribution >= 0.6 is 0 Å². The maximum Gasteiger partial charge on any atom is 0.416 e. The number of benzene rings is 2. The van der Waals surface area contributed by atoms with E-state index in [1.165, 1.54) is 16.9 Å². The Morgan fingerprint density at radius 1 is 1.11 bits per heavy atom. The second-order valence-corrected chi connectivity index (χ2v) is 8.61. The number of nitrogen functional groups attached to an aromatic ring is 1. The fourth-order valence-corrected chi connectivity index (χ4v) is 4.39. The van der Waals surface area contributed by atoms with Gasteiger partial charge in [-0.2, -0.15) is 18.3 Å². The van der Waals surface area contributed by atoms with E-state index in [0.29, 0.717) is 22.4 Å². The molecule has 194 valence electrons. The molecule has 2 N–H and O–H groups in total. The summed E-state index contributed by atoms with van der Waals surface area (Å²) < 4.78 is 75.8. The van der Waals surface area contributed by atoms with Crippen LogP contribution in [0.2, 0.25) is 0 Å². The zero-order chi connectivity index (χ0) is 26.5. The number of carbonyl (C=O) groups is 1. The predicted molar refractivity (Wildman–Crippen MR) is 124 cm³/mol. The number of alkyl halides is 3. The fourth-order valence-electron chi connectivity index (χ4n) is 4.39. The van der Waals surface area contributed by atoms with Crippen LogP contribution in [0.4, 0.5) is 27.8 Å². The fraction of sp³-hybridized carbons (Fsp3) is 0.292. The molecule has 2 aromatic carbocycles. The highest BCUT2D eigenvalue weighted by Gasteiger charge is 2.32. The van der Waals surface area contributed by atoms with Crippen molar-refractivity contribution in [1.29, 1.82) is 0 Å². The van der Waals surface area contributed by atoms with Crippen LogP contribution < -0.4 is 5.73 Å². The Hall–Kier alpha value is -3.84. The average Bonchev–Trinajstić information content (AvgIpc) is 3.25. The molecule has 4 aromatic rings. The molecule has 1 aliphatic rings. The average molecular weight is 520 g/mol. The summed E-state index contributed by atoms with van der Waals surface area (Å²) in [6.07, 6.45) is -3.21. The number of nitrogens with two attached hydrogens (primary N) is 1. The Morgan fingerprint density at radius 2 is 1.84 bits per heavy atom. The van der Waals surface area contributed by atoms with Crippen molar-refractivity contribution in [3.63, 3.8) is 0 Å². The summed E-state index contributed by atoms with van der Waals surface area (Å²) in [5, 5.41) is 7.81. The zero-order valence-electron chi connectivity index (χ0n) is 19.5. The molecular weight excluding hydrogens is 499 g/mol. The van der Waals surface area contributed by atoms with Gasteiger partial charge in [0.1, 0.15) is 17.5 Å². The first-order chi connectivity index (χ1) is 17.5. The lowest BCUT2D eigenvalue weighted by atomic mass is 10.1. The van der Waals surface area contributed by atoms with E-state index < -0.39 is 35.8 Å². The number of nitrogens with zero attached hydrogens (tertiary/aromatic N) is 5. The number of halogens is 5. The lowest BCUT2D eigenvalue weighted by Crippen LogP contribution is -2.51. The van der Waals surface area contributed by atoms with Gasteiger partial charge >= 0.3 is 6.18 Å². The monoisotopic (exact) mass is 520 g/mol. The van der Waals surface area contributed by atoms with Crippen LogP contribution in [0.5, 0.6) is 0 Å². The molecule has 1 fully saturated rings. The Balaban J connectivity index is 1.58. The number of amides is 1. The third kappa shape index (κ3) is 4.55. The molecule has 0 unspecified atom stereocenters. The Bertz CT molecular complexity index is 1510. The van der Waals surface area contributed by atoms with Crippen molar-refractivity contribution in [3.05, 3.63) is 64.9 Å². The molecule has 0 radical (unpaired) electrons. The molecule has 37 heavy (non-hydrogen) atoms. The van der Waals surface area contributed by atoms with Gasteiger partial charge in [-0.1, -0.05) is 6.07 Å². The van der Waals surface area contributed by atoms with Crippen molar-refractivity contribution in [1.82, 2.24) is 24.8 Å². The molecule has 13 heteroatoms. The van der Waals surface area contributed by atoms with E-state index in [9.17, 15) is 22.4 Å². The number of carbonyl (C=O) groups excluding carboxylic acids is 1. The van der Waals surface area contributed by atoms with Gasteiger partial charge in [-0.3, -0.25) is 14.5 Å². The third-order valence-corrected chi connectivity index (χ3v) is 6.29. The van der Waals surface area contributed by atoms with Crippen molar-refractivity contribution in [2.45, 2.75) is 12.7 Å². The molecule has 1 amide bonds. The molecule has 0 atom stereocenters. The Labute approximate surface area is 207 Å². The molecule has 3 heterocycles. The van der Waals surface area contributed by atoms with E-state index in [1.54, 1.807) is 12.1 Å². The summed E-state index contributed by atoms with van der Waals surface area (Å²) in [6.45, 7) is 0.596. The number of aryl methyl sites for hydroxylation is 1. The van der Waals surface area contributed by atoms with Gasteiger partial charge in [0.05, 0.1) is 53.5 Å². The Kier molecular flexibility index (Phi) is 6.20. The van der Waals surface area contributed by atoms with Gasteiger partial charge in [0, 0.05) is 37.2 Å². The van der Waals surface area contributed by atoms with Gasteiger partial charge in [0.15, 0.2) is 0 Å². The van der Waals surface area contributed by atoms with Crippen LogP contribution in [0.15, 0.2) is 36.5 Å². The molecule has 1 saturated heterocycles. The first kappa shape index (κ1) is 24.8. The van der Waals surface area contributed by atoms with Crippen LogP contribution in [0, 0.1) is 11.6 Å². The molecule has 0 spiro atoms. The van der Waals surface area contributed by atoms with Crippen LogP contribution in [-0.4, -0.2) is 57.0 Å². The minimum atomic E-state index is -4.72. The quantitative estimate of drug-likeness (QED) is 0.411. The van der Waals surface area contributed by atoms with Gasteiger partial charge < -0.3 is 10.5 Å². The topological polar surface area (TPSA) is 89.5 Å². The summed E-state index contributed by atoms with van der Waals surface area (Å²) in [6, 6.07) is 4.51. The highest BCUT2D eigenvalue weighted by Crippen LogP contribution is 2.32. The number of hydrogen-bond donors (Lipinski definition) is 1. The van der Waals surface area contributed by atoms with Crippen molar-refractivity contribution in [2.24, 2.45) is 7.05 Å². The van der Waals surface area contributed by atoms with Crippen LogP contribution in [0.1, 0.15) is 21.5 Å². The van der Waals surface area contributed by atoms with Crippen molar-refractivity contribution in [3.8, 4) is 0 Å². The first-order valence-electron chi connectivity index (χ1n) is 11.2. The lowest BCUT2D eigenvalue weighted by Gasteiger charge is -2.37. The first-order valence-corrected chi connectivity index (χ1v) is 11.2. The summed E-state index contributed by atoms with van der Waals surface area (Å²) in [7, 11) is 1.67. The molecule has 2 aromatic heterocycles. The van der Waals surface area contributed by atoms with E-state index in [4.69, 9.17) is 10.5 Å². The number of pyridine rings is 1. The van der Waals surface area contributed by atoms with Crippen LogP contribution in [0.25, 0.3) is 21.8 Å². The normalized spacial score (nSPS) is 15.0. The van der Waals surface area contributed by atoms with Crippen molar-refractivity contribution in [2.75, 3.05) is 32.0 Å². The number of rotatable bonds is 4. The summed E-state index contributed by atoms with van der Waals surface area (Å²) >= 11 is 0. The highest BCUT2D eigenvalue weighted by atomic mass is 19.4. The summed E-state index contributed by atoms with van der Waals surface area (Å²) in [5.41, 5.74) is 5.12. The third-order valence-electron chi connectivity index (χ3n) is 6.29. The van der Waals surface area contributed by atoms with E-state index in [-0.39, 0.29) is 48.8 Å². The van der Waals surface area contributed by atoms with Crippen molar-refractivity contribution < 1.29 is 31.5 Å². The maximum atomic E-state index is 15.3. The van der Waals surface area contributed by atoms with Gasteiger partial charge in [-0.15, -0.1) is 0 Å². The number of aromatic nitrogens is 3. The molecule has 0 bridgehead atoms. The van der Waals surface area contributed by atoms with Crippen LogP contribution in [-0.2, 0) is 24.5 Å². The van der Waals surface area contributed by atoms with Crippen LogP contribution in [0.3, 0.4) is 0 Å². The number of fused-ring (bicyclic) bond motifs is 3. The minimum absolute atomic E-state index is 0.154. The molecule has 1 aliphatic heterocycles. The summed E-state index contributed by atoms with van der Waals surface area (Å²) in [4.78, 5) is 17.9. The molecule has 0 aliphatic carbocycles. The van der Waals surface area contributed by atoms with Gasteiger partial charge in [-0.05, 0) is 18.2 Å². The summed E-state index contributed by atoms with van der Waals surface area (Å²) in [5.74, 6) is -2.65. The van der Waals surface area contributed by atoms with E-state index in [1.807, 2.05) is 0 Å². The number of hydrazine groups is 1. The second kappa shape index (κ2) is 9.23. The maximum absolute atomic E-state index is 15.3. The van der Waals surface area contributed by atoms with E-state index in [0.717, 1.165) is 23.2 Å². The number of morpholine rings is 1. The molecule has 0 saturated carbocycles. The zero-order valence-corrected chi connectivity index (χ0v) is 19.5. The molecular formula is C24H21F5N6O2. The molecule has 8 nitrogen and oxygen atoms in total. The standard InChI is InChI=1S/C24H21F5N6O2/c1-33-21-16-9-15(19(26)10-20(16)32-22(30)17(21)11-31-33)23(36)35(34-4-6-37-7-5-34)12-13-2-3-14(8-18(13)25)24(27,28)29/h2-3,8-11H,4-7,12H2,1H3,(H2,30,32). The van der Waals surface area contributed by atoms with Crippen molar-refractivity contribution >= 4 is 33.5 Å². The SMILES string of the molecule is Cn1ncc2c(N)nc3cc(F)c(C(=O)N(Cc4ccc(C(F)(F)F)cc4F)N4CCOCC4)cc3c21. The number of ether oxygens (including phenoxy) is 1. The Morgan fingerprint density at radius 3 is 2.51 bits per heavy atom. The highest BCUT2D eigenvalue weighted by molar-refractivity contribution is 6.10. The molecule has 5 rings (SSSR count). The van der Waals surface area contributed by atoms with Gasteiger partial charge in [0.25, 0.3) is 5.91 Å². The van der Waals surface area contributed by atoms with E-state index in [2.05, 4.69) is 10.1 Å². The van der Waals surface area contributed by atoms with Gasteiger partial charge in [-0.25, -0.2) is 18.8 Å². The minimum Gasteiger partial charge on any atom is -0.383 e. The lowest BCUT2D eigenvalue weighted by molar-refractivity contribution is -0.137. The largest absolute Gasteiger partial charge is 0.416 e. The number of anilines is 1. The number of hydrogen-bond acceptors (Lipinski definition) is 6. The second-order valence-electron chi connectivity index (χ2n) is 8.61. The van der Waals surface area contributed by atoms with E-state index >= 15 is 4.39 Å². The van der Waals surface area contributed by atoms with Gasteiger partial charge in [0.2, 0.25) is 0 Å². The smallest absolute Gasteiger partial charge is 0.383 e.